The number of carbonyl (C=O) groups is 1. The zero-order chi connectivity index (χ0) is 18.7. The molecule has 2 heterocycles. The minimum Gasteiger partial charge on any atom is -0.493 e. The predicted octanol–water partition coefficient (Wildman–Crippen LogP) is 3.89. The molecule has 1 aromatic carbocycles. The van der Waals surface area contributed by atoms with Gasteiger partial charge in [0, 0.05) is 4.88 Å². The Labute approximate surface area is 151 Å². The molecule has 9 heteroatoms. The smallest absolute Gasteiger partial charge is 0.416 e. The maximum Gasteiger partial charge on any atom is 0.416 e. The van der Waals surface area contributed by atoms with Crippen LogP contribution in [0.2, 0.25) is 0 Å². The number of hydrogen-bond donors (Lipinski definition) is 1. The van der Waals surface area contributed by atoms with Gasteiger partial charge in [0.15, 0.2) is 11.4 Å². The molecule has 0 atom stereocenters. The Morgan fingerprint density at radius 1 is 1.31 bits per heavy atom. The maximum absolute atomic E-state index is 12.9. The van der Waals surface area contributed by atoms with Crippen molar-refractivity contribution >= 4 is 17.2 Å². The molecule has 26 heavy (non-hydrogen) atoms. The normalized spacial score (nSPS) is 11.4. The first-order valence-electron chi connectivity index (χ1n) is 7.50. The number of halogens is 3. The van der Waals surface area contributed by atoms with Crippen molar-refractivity contribution in [1.82, 2.24) is 15.1 Å². The maximum atomic E-state index is 12.9. The van der Waals surface area contributed by atoms with E-state index in [0.29, 0.717) is 6.54 Å². The van der Waals surface area contributed by atoms with Gasteiger partial charge in [0.1, 0.15) is 0 Å². The minimum absolute atomic E-state index is 0.00136. The van der Waals surface area contributed by atoms with Gasteiger partial charge in [-0.1, -0.05) is 12.1 Å². The Bertz CT molecular complexity index is 904. The lowest BCUT2D eigenvalue weighted by atomic mass is 10.2. The van der Waals surface area contributed by atoms with Crippen LogP contribution < -0.4 is 10.1 Å². The molecule has 1 amide bonds. The van der Waals surface area contributed by atoms with Crippen molar-refractivity contribution in [1.29, 1.82) is 0 Å². The first-order valence-corrected chi connectivity index (χ1v) is 8.38. The lowest BCUT2D eigenvalue weighted by Gasteiger charge is -2.08. The van der Waals surface area contributed by atoms with E-state index in [0.717, 1.165) is 17.0 Å². The zero-order valence-electron chi connectivity index (χ0n) is 13.6. The van der Waals surface area contributed by atoms with E-state index in [1.54, 1.807) is 0 Å². The van der Waals surface area contributed by atoms with Gasteiger partial charge in [0.25, 0.3) is 5.91 Å². The molecule has 3 rings (SSSR count). The van der Waals surface area contributed by atoms with Crippen LogP contribution in [0, 0.1) is 0 Å². The molecule has 0 radical (unpaired) electrons. The van der Waals surface area contributed by atoms with E-state index in [2.05, 4.69) is 10.4 Å². The quantitative estimate of drug-likeness (QED) is 0.730. The molecule has 0 unspecified atom stereocenters. The van der Waals surface area contributed by atoms with Crippen molar-refractivity contribution in [2.45, 2.75) is 12.7 Å². The van der Waals surface area contributed by atoms with Crippen LogP contribution in [0.5, 0.6) is 5.75 Å². The Balaban J connectivity index is 1.85. The molecule has 3 aromatic rings. The van der Waals surface area contributed by atoms with Gasteiger partial charge in [0.2, 0.25) is 0 Å². The number of rotatable bonds is 5. The molecule has 0 aliphatic heterocycles. The van der Waals surface area contributed by atoms with Crippen molar-refractivity contribution < 1.29 is 22.7 Å². The summed E-state index contributed by atoms with van der Waals surface area (Å²) in [5.41, 5.74) is -0.620. The summed E-state index contributed by atoms with van der Waals surface area (Å²) in [5, 5.41) is 8.70. The van der Waals surface area contributed by atoms with Gasteiger partial charge in [-0.3, -0.25) is 4.79 Å². The second-order valence-corrected chi connectivity index (χ2v) is 6.33. The minimum atomic E-state index is -4.46. The highest BCUT2D eigenvalue weighted by Gasteiger charge is 2.30. The monoisotopic (exact) mass is 381 g/mol. The van der Waals surface area contributed by atoms with Gasteiger partial charge in [-0.15, -0.1) is 11.3 Å². The van der Waals surface area contributed by atoms with Gasteiger partial charge in [0.05, 0.1) is 31.1 Å². The van der Waals surface area contributed by atoms with Crippen LogP contribution >= 0.6 is 11.3 Å². The van der Waals surface area contributed by atoms with E-state index >= 15 is 0 Å². The lowest BCUT2D eigenvalue weighted by molar-refractivity contribution is -0.137. The first kappa shape index (κ1) is 18.0. The van der Waals surface area contributed by atoms with E-state index in [1.165, 1.54) is 41.5 Å². The zero-order valence-corrected chi connectivity index (χ0v) is 14.4. The summed E-state index contributed by atoms with van der Waals surface area (Å²) in [7, 11) is 1.36. The summed E-state index contributed by atoms with van der Waals surface area (Å²) in [4.78, 5) is 13.3. The molecule has 2 aromatic heterocycles. The number of benzene rings is 1. The molecule has 0 spiro atoms. The van der Waals surface area contributed by atoms with Gasteiger partial charge in [-0.2, -0.15) is 18.3 Å². The molecule has 0 bridgehead atoms. The molecule has 5 nitrogen and oxygen atoms in total. The highest BCUT2D eigenvalue weighted by molar-refractivity contribution is 7.09. The van der Waals surface area contributed by atoms with E-state index in [4.69, 9.17) is 4.74 Å². The van der Waals surface area contributed by atoms with Gasteiger partial charge >= 0.3 is 6.18 Å². The lowest BCUT2D eigenvalue weighted by Crippen LogP contribution is -2.23. The Morgan fingerprint density at radius 3 is 2.77 bits per heavy atom. The van der Waals surface area contributed by atoms with E-state index in [1.807, 2.05) is 17.5 Å². The first-order chi connectivity index (χ1) is 12.4. The predicted molar refractivity (Wildman–Crippen MR) is 90.6 cm³/mol. The van der Waals surface area contributed by atoms with Crippen LogP contribution in [0.25, 0.3) is 5.69 Å². The Morgan fingerprint density at radius 2 is 2.12 bits per heavy atom. The van der Waals surface area contributed by atoms with Crippen molar-refractivity contribution in [3.8, 4) is 11.4 Å². The van der Waals surface area contributed by atoms with Crippen LogP contribution in [0.1, 0.15) is 20.9 Å². The third-order valence-electron chi connectivity index (χ3n) is 3.56. The molecule has 1 N–H and O–H groups in total. The van der Waals surface area contributed by atoms with Crippen molar-refractivity contribution in [2.75, 3.05) is 7.11 Å². The number of carbonyl (C=O) groups excluding carboxylic acids is 1. The van der Waals surface area contributed by atoms with Crippen LogP contribution in [-0.4, -0.2) is 22.8 Å². The number of thiophene rings is 1. The summed E-state index contributed by atoms with van der Waals surface area (Å²) in [6.45, 7) is 0.329. The van der Waals surface area contributed by atoms with Gasteiger partial charge in [-0.05, 0) is 29.6 Å². The number of amides is 1. The van der Waals surface area contributed by atoms with Gasteiger partial charge in [-0.25, -0.2) is 4.68 Å². The molecule has 0 fully saturated rings. The van der Waals surface area contributed by atoms with Crippen LogP contribution in [-0.2, 0) is 12.7 Å². The Hall–Kier alpha value is -2.81. The van der Waals surface area contributed by atoms with Crippen molar-refractivity contribution in [2.24, 2.45) is 0 Å². The number of hydrogen-bond acceptors (Lipinski definition) is 4. The highest BCUT2D eigenvalue weighted by Crippen LogP contribution is 2.30. The molecule has 136 valence electrons. The number of aromatic nitrogens is 2. The highest BCUT2D eigenvalue weighted by atomic mass is 32.1. The van der Waals surface area contributed by atoms with Crippen molar-refractivity contribution in [3.05, 3.63) is 64.1 Å². The second kappa shape index (κ2) is 7.20. The summed E-state index contributed by atoms with van der Waals surface area (Å²) < 4.78 is 45.0. The summed E-state index contributed by atoms with van der Waals surface area (Å²) in [6.07, 6.45) is -3.09. The molecule has 0 saturated heterocycles. The third kappa shape index (κ3) is 3.88. The summed E-state index contributed by atoms with van der Waals surface area (Å²) in [6, 6.07) is 8.43. The van der Waals surface area contributed by atoms with E-state index < -0.39 is 17.6 Å². The average Bonchev–Trinajstić information content (AvgIpc) is 3.28. The van der Waals surface area contributed by atoms with Crippen LogP contribution in [0.15, 0.2) is 48.0 Å². The Kier molecular flexibility index (Phi) is 4.99. The van der Waals surface area contributed by atoms with Crippen LogP contribution in [0.3, 0.4) is 0 Å². The number of nitrogens with one attached hydrogen (secondary N) is 1. The molecule has 0 saturated carbocycles. The fraction of sp³-hybridized carbons (Fsp3) is 0.176. The summed E-state index contributed by atoms with van der Waals surface area (Å²) >= 11 is 1.50. The second-order valence-electron chi connectivity index (χ2n) is 5.30. The summed E-state index contributed by atoms with van der Waals surface area (Å²) in [5.74, 6) is -0.299. The van der Waals surface area contributed by atoms with E-state index in [9.17, 15) is 18.0 Å². The number of nitrogens with zero attached hydrogens (tertiary/aromatic N) is 2. The number of ether oxygens (including phenoxy) is 1. The largest absolute Gasteiger partial charge is 0.493 e. The van der Waals surface area contributed by atoms with Crippen LogP contribution in [0.4, 0.5) is 13.2 Å². The number of methoxy groups -OCH3 is 1. The van der Waals surface area contributed by atoms with Crippen molar-refractivity contribution in [3.63, 3.8) is 0 Å². The fourth-order valence-electron chi connectivity index (χ4n) is 2.29. The third-order valence-corrected chi connectivity index (χ3v) is 4.43. The molecular formula is C17H14F3N3O2S. The van der Waals surface area contributed by atoms with Gasteiger partial charge < -0.3 is 10.1 Å². The molecule has 0 aliphatic rings. The molecule has 0 aliphatic carbocycles. The number of alkyl halides is 3. The fourth-order valence-corrected chi connectivity index (χ4v) is 2.93. The average molecular weight is 381 g/mol. The molecular weight excluding hydrogens is 367 g/mol. The topological polar surface area (TPSA) is 56.2 Å². The SMILES string of the molecule is COc1cn(-c2cccc(C(F)(F)F)c2)nc1C(=O)NCc1cccs1. The van der Waals surface area contributed by atoms with E-state index in [-0.39, 0.29) is 17.1 Å². The standard InChI is InChI=1S/C17H14F3N3O2S/c1-25-14-10-23(12-5-2-4-11(8-12)17(18,19)20)22-15(14)16(24)21-9-13-6-3-7-26-13/h2-8,10H,9H2,1H3,(H,21,24).